The summed E-state index contributed by atoms with van der Waals surface area (Å²) in [5.41, 5.74) is 2.05. The highest BCUT2D eigenvalue weighted by atomic mass is 16.5. The van der Waals surface area contributed by atoms with E-state index in [2.05, 4.69) is 32.9 Å². The van der Waals surface area contributed by atoms with E-state index in [0.717, 1.165) is 12.0 Å². The highest BCUT2D eigenvalue weighted by molar-refractivity contribution is 5.26. The Morgan fingerprint density at radius 2 is 1.61 bits per heavy atom. The summed E-state index contributed by atoms with van der Waals surface area (Å²) < 4.78 is 5.72. The molecule has 1 unspecified atom stereocenters. The second kappa shape index (κ2) is 6.35. The maximum absolute atomic E-state index is 10.1. The molecule has 2 nitrogen and oxygen atoms in total. The van der Waals surface area contributed by atoms with Crippen molar-refractivity contribution in [3.8, 4) is 0 Å². The van der Waals surface area contributed by atoms with Gasteiger partial charge in [-0.25, -0.2) is 0 Å². The molecular weight excluding hydrogens is 224 g/mol. The first-order valence-corrected chi connectivity index (χ1v) is 6.77. The molecule has 0 radical (unpaired) electrons. The number of rotatable bonds is 6. The molecule has 1 atom stereocenters. The lowest BCUT2D eigenvalue weighted by atomic mass is 10.00. The molecule has 0 saturated heterocycles. The predicted molar refractivity (Wildman–Crippen MR) is 75.8 cm³/mol. The number of hydrogen-bond acceptors (Lipinski definition) is 2. The minimum Gasteiger partial charge on any atom is -0.386 e. The van der Waals surface area contributed by atoms with Crippen molar-refractivity contribution in [3.63, 3.8) is 0 Å². The normalized spacial score (nSPS) is 13.9. The molecule has 1 N–H and O–H groups in total. The molecule has 0 aliphatic rings. The first-order chi connectivity index (χ1) is 8.35. The lowest BCUT2D eigenvalue weighted by Gasteiger charge is -2.25. The Bertz CT molecular complexity index is 352. The summed E-state index contributed by atoms with van der Waals surface area (Å²) in [7, 11) is 0. The third-order valence-electron chi connectivity index (χ3n) is 3.47. The van der Waals surface area contributed by atoms with Gasteiger partial charge in [0.25, 0.3) is 0 Å². The van der Waals surface area contributed by atoms with Gasteiger partial charge in [0.2, 0.25) is 0 Å². The van der Waals surface area contributed by atoms with Crippen molar-refractivity contribution < 1.29 is 9.84 Å². The SMILES string of the molecule is CCC(C)(C)OCC(O)c1ccc(C(C)C)cc1. The van der Waals surface area contributed by atoms with E-state index in [1.807, 2.05) is 26.0 Å². The molecule has 2 heteroatoms. The van der Waals surface area contributed by atoms with Gasteiger partial charge in [-0.1, -0.05) is 45.0 Å². The fraction of sp³-hybridized carbons (Fsp3) is 0.625. The van der Waals surface area contributed by atoms with Crippen molar-refractivity contribution in [1.29, 1.82) is 0 Å². The zero-order valence-corrected chi connectivity index (χ0v) is 12.2. The molecule has 0 aromatic heterocycles. The lowest BCUT2D eigenvalue weighted by molar-refractivity contribution is -0.0618. The fourth-order valence-electron chi connectivity index (χ4n) is 1.61. The predicted octanol–water partition coefficient (Wildman–Crippen LogP) is 4.05. The summed E-state index contributed by atoms with van der Waals surface area (Å²) >= 11 is 0. The number of aliphatic hydroxyl groups excluding tert-OH is 1. The largest absolute Gasteiger partial charge is 0.386 e. The molecule has 0 aliphatic carbocycles. The van der Waals surface area contributed by atoms with E-state index in [0.29, 0.717) is 12.5 Å². The minimum absolute atomic E-state index is 0.168. The summed E-state index contributed by atoms with van der Waals surface area (Å²) in [5, 5.41) is 10.1. The monoisotopic (exact) mass is 250 g/mol. The van der Waals surface area contributed by atoms with Crippen molar-refractivity contribution in [2.45, 2.75) is 58.7 Å². The van der Waals surface area contributed by atoms with Gasteiger partial charge in [-0.15, -0.1) is 0 Å². The van der Waals surface area contributed by atoms with Crippen LogP contribution in [0.4, 0.5) is 0 Å². The summed E-state index contributed by atoms with van der Waals surface area (Å²) in [6.07, 6.45) is 0.392. The Balaban J connectivity index is 2.59. The van der Waals surface area contributed by atoms with Crippen molar-refractivity contribution >= 4 is 0 Å². The zero-order chi connectivity index (χ0) is 13.8. The van der Waals surface area contributed by atoms with E-state index in [1.54, 1.807) is 0 Å². The van der Waals surface area contributed by atoms with Crippen LogP contribution in [0.1, 0.15) is 64.2 Å². The second-order valence-electron chi connectivity index (χ2n) is 5.76. The highest BCUT2D eigenvalue weighted by Gasteiger charge is 2.18. The van der Waals surface area contributed by atoms with Gasteiger partial charge in [0.05, 0.1) is 12.2 Å². The molecule has 102 valence electrons. The van der Waals surface area contributed by atoms with Gasteiger partial charge in [0.1, 0.15) is 6.10 Å². The van der Waals surface area contributed by atoms with Gasteiger partial charge in [-0.2, -0.15) is 0 Å². The first kappa shape index (κ1) is 15.2. The van der Waals surface area contributed by atoms with Crippen LogP contribution in [-0.4, -0.2) is 17.3 Å². The second-order valence-corrected chi connectivity index (χ2v) is 5.76. The number of benzene rings is 1. The Kier molecular flexibility index (Phi) is 5.36. The molecule has 1 aromatic carbocycles. The fourth-order valence-corrected chi connectivity index (χ4v) is 1.61. The Morgan fingerprint density at radius 3 is 2.06 bits per heavy atom. The van der Waals surface area contributed by atoms with Crippen LogP contribution in [-0.2, 0) is 4.74 Å². The van der Waals surface area contributed by atoms with Gasteiger partial charge in [-0.3, -0.25) is 0 Å². The van der Waals surface area contributed by atoms with Crippen molar-refractivity contribution in [1.82, 2.24) is 0 Å². The number of hydrogen-bond donors (Lipinski definition) is 1. The molecule has 1 rings (SSSR count). The van der Waals surface area contributed by atoms with Crippen molar-refractivity contribution in [2.75, 3.05) is 6.61 Å². The molecule has 0 heterocycles. The topological polar surface area (TPSA) is 29.5 Å². The minimum atomic E-state index is -0.544. The quantitative estimate of drug-likeness (QED) is 0.825. The van der Waals surface area contributed by atoms with Crippen molar-refractivity contribution in [2.24, 2.45) is 0 Å². The van der Waals surface area contributed by atoms with E-state index in [1.165, 1.54) is 5.56 Å². The maximum atomic E-state index is 10.1. The molecule has 0 bridgehead atoms. The lowest BCUT2D eigenvalue weighted by Crippen LogP contribution is -2.25. The van der Waals surface area contributed by atoms with Gasteiger partial charge < -0.3 is 9.84 Å². The molecular formula is C16H26O2. The van der Waals surface area contributed by atoms with Crippen LogP contribution in [0.2, 0.25) is 0 Å². The molecule has 0 amide bonds. The highest BCUT2D eigenvalue weighted by Crippen LogP contribution is 2.21. The van der Waals surface area contributed by atoms with Crippen LogP contribution in [0.5, 0.6) is 0 Å². The Hall–Kier alpha value is -0.860. The third kappa shape index (κ3) is 4.43. The van der Waals surface area contributed by atoms with Crippen LogP contribution in [0.15, 0.2) is 24.3 Å². The van der Waals surface area contributed by atoms with Crippen molar-refractivity contribution in [3.05, 3.63) is 35.4 Å². The smallest absolute Gasteiger partial charge is 0.102 e. The Morgan fingerprint density at radius 1 is 1.11 bits per heavy atom. The van der Waals surface area contributed by atoms with Gasteiger partial charge in [0.15, 0.2) is 0 Å². The van der Waals surface area contributed by atoms with Crippen LogP contribution >= 0.6 is 0 Å². The average molecular weight is 250 g/mol. The number of ether oxygens (including phenoxy) is 1. The van der Waals surface area contributed by atoms with E-state index in [9.17, 15) is 5.11 Å². The zero-order valence-electron chi connectivity index (χ0n) is 12.2. The summed E-state index contributed by atoms with van der Waals surface area (Å²) in [6, 6.07) is 8.13. The summed E-state index contributed by atoms with van der Waals surface area (Å²) in [6.45, 7) is 10.9. The standard InChI is InChI=1S/C16H26O2/c1-6-16(4,5)18-11-15(17)14-9-7-13(8-10-14)12(2)3/h7-10,12,15,17H,6,11H2,1-5H3. The molecule has 0 aliphatic heterocycles. The van der Waals surface area contributed by atoms with Crippen LogP contribution in [0.3, 0.4) is 0 Å². The summed E-state index contributed by atoms with van der Waals surface area (Å²) in [5.74, 6) is 0.520. The maximum Gasteiger partial charge on any atom is 0.102 e. The molecule has 0 saturated carbocycles. The van der Waals surface area contributed by atoms with Gasteiger partial charge in [0, 0.05) is 0 Å². The van der Waals surface area contributed by atoms with E-state index >= 15 is 0 Å². The van der Waals surface area contributed by atoms with Crippen LogP contribution in [0.25, 0.3) is 0 Å². The third-order valence-corrected chi connectivity index (χ3v) is 3.47. The summed E-state index contributed by atoms with van der Waals surface area (Å²) in [4.78, 5) is 0. The van der Waals surface area contributed by atoms with Gasteiger partial charge >= 0.3 is 0 Å². The van der Waals surface area contributed by atoms with E-state index < -0.39 is 6.10 Å². The molecule has 1 aromatic rings. The van der Waals surface area contributed by atoms with Gasteiger partial charge in [-0.05, 0) is 37.3 Å². The van der Waals surface area contributed by atoms with Crippen LogP contribution < -0.4 is 0 Å². The molecule has 0 spiro atoms. The number of aliphatic hydroxyl groups is 1. The van der Waals surface area contributed by atoms with E-state index in [4.69, 9.17) is 4.74 Å². The van der Waals surface area contributed by atoms with E-state index in [-0.39, 0.29) is 5.60 Å². The Labute approximate surface area is 111 Å². The molecule has 18 heavy (non-hydrogen) atoms. The first-order valence-electron chi connectivity index (χ1n) is 6.77. The average Bonchev–Trinajstić information content (AvgIpc) is 2.36. The molecule has 0 fully saturated rings. The van der Waals surface area contributed by atoms with Crippen LogP contribution in [0, 0.1) is 0 Å².